The van der Waals surface area contributed by atoms with Crippen LogP contribution in [0.25, 0.3) is 6.08 Å². The van der Waals surface area contributed by atoms with E-state index in [0.29, 0.717) is 34.8 Å². The van der Waals surface area contributed by atoms with Crippen molar-refractivity contribution >= 4 is 29.0 Å². The zero-order chi connectivity index (χ0) is 20.2. The second-order valence-electron chi connectivity index (χ2n) is 6.34. The molecule has 1 amide bonds. The number of aromatic nitrogens is 1. The zero-order valence-electron chi connectivity index (χ0n) is 15.8. The molecule has 148 valence electrons. The van der Waals surface area contributed by atoms with Gasteiger partial charge in [-0.2, -0.15) is 0 Å². The van der Waals surface area contributed by atoms with Gasteiger partial charge < -0.3 is 14.8 Å². The SMILES string of the molecule is COc1ccccc1NC(=O)COc1ccc(/C=c2\sc3n(c2=O)CCN=3)cc1. The summed E-state index contributed by atoms with van der Waals surface area (Å²) in [4.78, 5) is 29.5. The number of carbonyl (C=O) groups is 1. The minimum atomic E-state index is -0.282. The smallest absolute Gasteiger partial charge is 0.270 e. The standard InChI is InChI=1S/C21H19N3O4S/c1-27-17-5-3-2-4-16(17)23-19(25)13-28-15-8-6-14(7-9-15)12-18-20(26)24-11-10-22-21(24)29-18/h2-9,12H,10-11,13H2,1H3,(H,23,25)/b18-12-. The maximum atomic E-state index is 12.3. The van der Waals surface area contributed by atoms with E-state index in [2.05, 4.69) is 10.3 Å². The molecule has 0 atom stereocenters. The molecule has 3 aromatic rings. The van der Waals surface area contributed by atoms with Crippen LogP contribution in [0.1, 0.15) is 5.56 Å². The van der Waals surface area contributed by atoms with Gasteiger partial charge in [0.25, 0.3) is 11.5 Å². The predicted octanol–water partition coefficient (Wildman–Crippen LogP) is 1.40. The van der Waals surface area contributed by atoms with E-state index >= 15 is 0 Å². The van der Waals surface area contributed by atoms with E-state index in [9.17, 15) is 9.59 Å². The molecule has 0 unspecified atom stereocenters. The Morgan fingerprint density at radius 1 is 1.24 bits per heavy atom. The maximum absolute atomic E-state index is 12.3. The fourth-order valence-electron chi connectivity index (χ4n) is 2.96. The highest BCUT2D eigenvalue weighted by molar-refractivity contribution is 7.07. The highest BCUT2D eigenvalue weighted by Crippen LogP contribution is 2.22. The van der Waals surface area contributed by atoms with Crippen LogP contribution >= 0.6 is 11.3 Å². The second kappa shape index (κ2) is 8.32. The number of thiazole rings is 1. The van der Waals surface area contributed by atoms with Gasteiger partial charge in [0.1, 0.15) is 11.5 Å². The van der Waals surface area contributed by atoms with Crippen molar-refractivity contribution < 1.29 is 14.3 Å². The van der Waals surface area contributed by atoms with E-state index in [1.807, 2.05) is 30.3 Å². The molecular formula is C21H19N3O4S. The van der Waals surface area contributed by atoms with Crippen LogP contribution in [0.4, 0.5) is 5.69 Å². The largest absolute Gasteiger partial charge is 0.495 e. The molecule has 1 aliphatic rings. The molecule has 1 aromatic heterocycles. The molecule has 29 heavy (non-hydrogen) atoms. The molecule has 1 N–H and O–H groups in total. The number of nitrogens with zero attached hydrogens (tertiary/aromatic N) is 2. The van der Waals surface area contributed by atoms with Crippen molar-refractivity contribution in [2.75, 3.05) is 25.6 Å². The average Bonchev–Trinajstić information content (AvgIpc) is 3.31. The van der Waals surface area contributed by atoms with E-state index in [4.69, 9.17) is 9.47 Å². The fourth-order valence-corrected chi connectivity index (χ4v) is 3.99. The summed E-state index contributed by atoms with van der Waals surface area (Å²) < 4.78 is 13.1. The summed E-state index contributed by atoms with van der Waals surface area (Å²) in [6.07, 6.45) is 1.84. The monoisotopic (exact) mass is 409 g/mol. The molecule has 0 saturated carbocycles. The van der Waals surface area contributed by atoms with Crippen LogP contribution in [-0.2, 0) is 11.3 Å². The van der Waals surface area contributed by atoms with E-state index in [1.165, 1.54) is 11.3 Å². The van der Waals surface area contributed by atoms with Crippen LogP contribution in [0.2, 0.25) is 0 Å². The molecule has 4 rings (SSSR count). The van der Waals surface area contributed by atoms with Crippen LogP contribution in [0.5, 0.6) is 11.5 Å². The Kier molecular flexibility index (Phi) is 5.44. The summed E-state index contributed by atoms with van der Waals surface area (Å²) in [6, 6.07) is 14.4. The summed E-state index contributed by atoms with van der Waals surface area (Å²) >= 11 is 1.40. The first kappa shape index (κ1) is 18.9. The molecule has 7 nitrogen and oxygen atoms in total. The van der Waals surface area contributed by atoms with Gasteiger partial charge >= 0.3 is 0 Å². The van der Waals surface area contributed by atoms with E-state index in [1.54, 1.807) is 35.9 Å². The lowest BCUT2D eigenvalue weighted by Crippen LogP contribution is -2.29. The van der Waals surface area contributed by atoms with Crippen LogP contribution in [0.3, 0.4) is 0 Å². The first-order valence-electron chi connectivity index (χ1n) is 9.05. The zero-order valence-corrected chi connectivity index (χ0v) is 16.6. The Hall–Kier alpha value is -3.39. The van der Waals surface area contributed by atoms with Gasteiger partial charge in [-0.1, -0.05) is 35.6 Å². The number of benzene rings is 2. The van der Waals surface area contributed by atoms with E-state index in [0.717, 1.165) is 10.4 Å². The number of hydrogen-bond acceptors (Lipinski definition) is 6. The Morgan fingerprint density at radius 2 is 2.03 bits per heavy atom. The van der Waals surface area contributed by atoms with Crippen molar-refractivity contribution in [3.63, 3.8) is 0 Å². The van der Waals surface area contributed by atoms with Gasteiger partial charge in [-0.25, -0.2) is 0 Å². The number of fused-ring (bicyclic) bond motifs is 1. The fraction of sp³-hybridized carbons (Fsp3) is 0.190. The van der Waals surface area contributed by atoms with Crippen LogP contribution in [0.15, 0.2) is 58.3 Å². The molecule has 1 aliphatic heterocycles. The second-order valence-corrected chi connectivity index (χ2v) is 7.35. The average molecular weight is 409 g/mol. The van der Waals surface area contributed by atoms with Crippen molar-refractivity contribution in [1.82, 2.24) is 4.57 Å². The van der Waals surface area contributed by atoms with Crippen molar-refractivity contribution in [3.05, 3.63) is 73.8 Å². The third-order valence-corrected chi connectivity index (χ3v) is 5.43. The van der Waals surface area contributed by atoms with Crippen molar-refractivity contribution in [3.8, 4) is 11.5 Å². The number of ether oxygens (including phenoxy) is 2. The minimum absolute atomic E-state index is 0.000382. The van der Waals surface area contributed by atoms with Gasteiger partial charge in [-0.05, 0) is 35.9 Å². The molecule has 0 saturated heterocycles. The summed E-state index contributed by atoms with van der Waals surface area (Å²) in [6.45, 7) is 1.21. The number of methoxy groups -OCH3 is 1. The van der Waals surface area contributed by atoms with Gasteiger partial charge in [0.15, 0.2) is 11.4 Å². The van der Waals surface area contributed by atoms with Crippen LogP contribution in [0, 0.1) is 0 Å². The van der Waals surface area contributed by atoms with Crippen LogP contribution in [-0.4, -0.2) is 30.7 Å². The molecule has 0 radical (unpaired) electrons. The lowest BCUT2D eigenvalue weighted by atomic mass is 10.2. The Labute approximate surface area is 170 Å². The topological polar surface area (TPSA) is 81.9 Å². The molecule has 0 fully saturated rings. The lowest BCUT2D eigenvalue weighted by Gasteiger charge is -2.10. The quantitative estimate of drug-likeness (QED) is 0.667. The predicted molar refractivity (Wildman–Crippen MR) is 111 cm³/mol. The highest BCUT2D eigenvalue weighted by atomic mass is 32.1. The lowest BCUT2D eigenvalue weighted by molar-refractivity contribution is -0.118. The summed E-state index contributed by atoms with van der Waals surface area (Å²) in [5, 5.41) is 2.76. The number of amides is 1. The molecule has 2 aromatic carbocycles. The third kappa shape index (κ3) is 4.22. The number of carbonyl (C=O) groups excluding carboxylic acids is 1. The molecule has 0 aliphatic carbocycles. The van der Waals surface area contributed by atoms with Crippen LogP contribution < -0.4 is 29.7 Å². The molecule has 2 heterocycles. The first-order valence-corrected chi connectivity index (χ1v) is 9.87. The van der Waals surface area contributed by atoms with Gasteiger partial charge in [-0.3, -0.25) is 19.1 Å². The van der Waals surface area contributed by atoms with Crippen molar-refractivity contribution in [1.29, 1.82) is 0 Å². The third-order valence-electron chi connectivity index (χ3n) is 4.39. The Balaban J connectivity index is 1.39. The number of anilines is 1. The summed E-state index contributed by atoms with van der Waals surface area (Å²) in [5.74, 6) is 0.872. The Morgan fingerprint density at radius 3 is 2.79 bits per heavy atom. The molecule has 0 spiro atoms. The number of hydrogen-bond donors (Lipinski definition) is 1. The summed E-state index contributed by atoms with van der Waals surface area (Å²) in [7, 11) is 1.55. The highest BCUT2D eigenvalue weighted by Gasteiger charge is 2.10. The van der Waals surface area contributed by atoms with Gasteiger partial charge in [0.05, 0.1) is 23.9 Å². The van der Waals surface area contributed by atoms with Crippen molar-refractivity contribution in [2.24, 2.45) is 4.99 Å². The number of rotatable bonds is 6. The van der Waals surface area contributed by atoms with Gasteiger partial charge in [-0.15, -0.1) is 0 Å². The van der Waals surface area contributed by atoms with E-state index < -0.39 is 0 Å². The maximum Gasteiger partial charge on any atom is 0.270 e. The normalized spacial score (nSPS) is 12.9. The molecule has 8 heteroatoms. The first-order chi connectivity index (χ1) is 14.1. The number of para-hydroxylation sites is 2. The van der Waals surface area contributed by atoms with Gasteiger partial charge in [0.2, 0.25) is 0 Å². The minimum Gasteiger partial charge on any atom is -0.495 e. The van der Waals surface area contributed by atoms with E-state index in [-0.39, 0.29) is 18.1 Å². The Bertz CT molecular complexity index is 1210. The summed E-state index contributed by atoms with van der Waals surface area (Å²) in [5.41, 5.74) is 1.47. The molecular weight excluding hydrogens is 390 g/mol. The molecule has 0 bridgehead atoms. The van der Waals surface area contributed by atoms with Gasteiger partial charge in [0, 0.05) is 6.54 Å². The van der Waals surface area contributed by atoms with Crippen molar-refractivity contribution in [2.45, 2.75) is 6.54 Å². The number of nitrogens with one attached hydrogen (secondary N) is 1.